The van der Waals surface area contributed by atoms with E-state index in [0.717, 1.165) is 31.0 Å². The predicted octanol–water partition coefficient (Wildman–Crippen LogP) is 3.14. The minimum Gasteiger partial charge on any atom is -0.353 e. The number of hydrogen-bond donors (Lipinski definition) is 1. The fourth-order valence-corrected chi connectivity index (χ4v) is 4.70. The first-order valence-corrected chi connectivity index (χ1v) is 12.1. The fourth-order valence-electron chi connectivity index (χ4n) is 4.70. The standard InChI is InChI=1S/C25H34N6O2/c1-4-21(24(32)26-14-17-29-15-10-5-6-11-16-29)31-25(33)22-19(3)30(20-12-8-7-9-13-20)28-23(22)18(2)27-31/h7-9,12-13,21H,4-6,10-11,14-17H2,1-3H3,(H,26,32)/t21-/m1/s1. The van der Waals surface area contributed by atoms with Crippen molar-refractivity contribution in [3.63, 3.8) is 0 Å². The number of aryl methyl sites for hydroxylation is 2. The first-order valence-electron chi connectivity index (χ1n) is 12.1. The van der Waals surface area contributed by atoms with Crippen molar-refractivity contribution in [2.24, 2.45) is 0 Å². The van der Waals surface area contributed by atoms with E-state index in [2.05, 4.69) is 20.4 Å². The lowest BCUT2D eigenvalue weighted by Gasteiger charge is -2.21. The molecule has 3 aromatic rings. The summed E-state index contributed by atoms with van der Waals surface area (Å²) in [5.74, 6) is -0.159. The molecule has 1 atom stereocenters. The summed E-state index contributed by atoms with van der Waals surface area (Å²) < 4.78 is 3.12. The number of hydrogen-bond acceptors (Lipinski definition) is 5. The number of carbonyl (C=O) groups excluding carboxylic acids is 1. The maximum absolute atomic E-state index is 13.5. The lowest BCUT2D eigenvalue weighted by Crippen LogP contribution is -2.41. The molecule has 1 aliphatic rings. The van der Waals surface area contributed by atoms with E-state index in [4.69, 9.17) is 0 Å². The number of nitrogens with one attached hydrogen (secondary N) is 1. The van der Waals surface area contributed by atoms with Gasteiger partial charge in [-0.2, -0.15) is 10.2 Å². The van der Waals surface area contributed by atoms with Crippen molar-refractivity contribution in [3.8, 4) is 5.69 Å². The molecule has 176 valence electrons. The molecule has 8 heteroatoms. The zero-order valence-electron chi connectivity index (χ0n) is 19.9. The van der Waals surface area contributed by atoms with Crippen molar-refractivity contribution in [1.29, 1.82) is 0 Å². The number of carbonyl (C=O) groups is 1. The largest absolute Gasteiger partial charge is 0.353 e. The van der Waals surface area contributed by atoms with Crippen LogP contribution in [0.2, 0.25) is 0 Å². The van der Waals surface area contributed by atoms with Gasteiger partial charge in [0.2, 0.25) is 5.91 Å². The van der Waals surface area contributed by atoms with Gasteiger partial charge in [0.25, 0.3) is 5.56 Å². The molecule has 8 nitrogen and oxygen atoms in total. The van der Waals surface area contributed by atoms with Gasteiger partial charge in [-0.1, -0.05) is 38.0 Å². The Morgan fingerprint density at radius 1 is 1.06 bits per heavy atom. The molecule has 1 amide bonds. The average molecular weight is 451 g/mol. The van der Waals surface area contributed by atoms with Crippen LogP contribution in [0.25, 0.3) is 16.6 Å². The van der Waals surface area contributed by atoms with Crippen molar-refractivity contribution in [2.75, 3.05) is 26.2 Å². The van der Waals surface area contributed by atoms with Gasteiger partial charge < -0.3 is 10.2 Å². The quantitative estimate of drug-likeness (QED) is 0.598. The minimum absolute atomic E-state index is 0.159. The SMILES string of the molecule is CC[C@H](C(=O)NCCN1CCCCCC1)n1nc(C)c2nn(-c3ccccc3)c(C)c2c1=O. The Labute approximate surface area is 194 Å². The molecule has 0 radical (unpaired) electrons. The Bertz CT molecular complexity index is 1160. The van der Waals surface area contributed by atoms with E-state index in [1.807, 2.05) is 51.1 Å². The van der Waals surface area contributed by atoms with Gasteiger partial charge >= 0.3 is 0 Å². The van der Waals surface area contributed by atoms with Gasteiger partial charge in [-0.05, 0) is 58.3 Å². The van der Waals surface area contributed by atoms with Crippen LogP contribution in [-0.4, -0.2) is 56.5 Å². The molecule has 1 fully saturated rings. The highest BCUT2D eigenvalue weighted by molar-refractivity contribution is 5.84. The third kappa shape index (κ3) is 4.85. The number of para-hydroxylation sites is 1. The average Bonchev–Trinajstić information content (AvgIpc) is 2.98. The summed E-state index contributed by atoms with van der Waals surface area (Å²) in [4.78, 5) is 28.9. The minimum atomic E-state index is -0.649. The van der Waals surface area contributed by atoms with Crippen LogP contribution >= 0.6 is 0 Å². The molecule has 1 N–H and O–H groups in total. The molecule has 0 aliphatic carbocycles. The normalized spacial score (nSPS) is 16.0. The number of aromatic nitrogens is 4. The van der Waals surface area contributed by atoms with Crippen molar-refractivity contribution < 1.29 is 4.79 Å². The van der Waals surface area contributed by atoms with Crippen LogP contribution in [0.3, 0.4) is 0 Å². The second kappa shape index (κ2) is 10.3. The number of amides is 1. The summed E-state index contributed by atoms with van der Waals surface area (Å²) in [7, 11) is 0. The smallest absolute Gasteiger partial charge is 0.278 e. The van der Waals surface area contributed by atoms with E-state index in [0.29, 0.717) is 29.6 Å². The summed E-state index contributed by atoms with van der Waals surface area (Å²) in [6.07, 6.45) is 5.51. The van der Waals surface area contributed by atoms with E-state index in [1.54, 1.807) is 4.68 Å². The van der Waals surface area contributed by atoms with Gasteiger partial charge in [-0.15, -0.1) is 0 Å². The summed E-state index contributed by atoms with van der Waals surface area (Å²) >= 11 is 0. The summed E-state index contributed by atoms with van der Waals surface area (Å²) in [5.41, 5.74) is 2.57. The number of likely N-dealkylation sites (tertiary alicyclic amines) is 1. The van der Waals surface area contributed by atoms with E-state index in [-0.39, 0.29) is 11.5 Å². The highest BCUT2D eigenvalue weighted by Gasteiger charge is 2.25. The Morgan fingerprint density at radius 2 is 1.76 bits per heavy atom. The van der Waals surface area contributed by atoms with E-state index < -0.39 is 6.04 Å². The van der Waals surface area contributed by atoms with E-state index >= 15 is 0 Å². The van der Waals surface area contributed by atoms with Crippen LogP contribution < -0.4 is 10.9 Å². The summed E-state index contributed by atoms with van der Waals surface area (Å²) in [6, 6.07) is 9.07. The van der Waals surface area contributed by atoms with E-state index in [1.165, 1.54) is 30.4 Å². The molecule has 0 saturated carbocycles. The van der Waals surface area contributed by atoms with Crippen LogP contribution in [0.15, 0.2) is 35.1 Å². The van der Waals surface area contributed by atoms with Crippen molar-refractivity contribution in [2.45, 2.75) is 58.9 Å². The molecular formula is C25H34N6O2. The van der Waals surface area contributed by atoms with Gasteiger partial charge in [-0.3, -0.25) is 9.59 Å². The van der Waals surface area contributed by atoms with Crippen LogP contribution in [0.1, 0.15) is 56.5 Å². The van der Waals surface area contributed by atoms with Crippen LogP contribution in [0.5, 0.6) is 0 Å². The molecule has 1 saturated heterocycles. The van der Waals surface area contributed by atoms with Gasteiger partial charge in [0, 0.05) is 13.1 Å². The van der Waals surface area contributed by atoms with Gasteiger partial charge in [0.15, 0.2) is 0 Å². The molecule has 4 rings (SSSR count). The molecule has 0 spiro atoms. The van der Waals surface area contributed by atoms with Crippen LogP contribution in [0, 0.1) is 13.8 Å². The fraction of sp³-hybridized carbons (Fsp3) is 0.520. The third-order valence-corrected chi connectivity index (χ3v) is 6.55. The first-order chi connectivity index (χ1) is 16.0. The predicted molar refractivity (Wildman–Crippen MR) is 130 cm³/mol. The van der Waals surface area contributed by atoms with Gasteiger partial charge in [0.05, 0.1) is 22.5 Å². The number of nitrogens with zero attached hydrogens (tertiary/aromatic N) is 5. The molecule has 1 aromatic carbocycles. The Kier molecular flexibility index (Phi) is 7.23. The maximum Gasteiger partial charge on any atom is 0.278 e. The Balaban J connectivity index is 1.58. The van der Waals surface area contributed by atoms with Gasteiger partial charge in [-0.25, -0.2) is 9.36 Å². The highest BCUT2D eigenvalue weighted by atomic mass is 16.2. The number of rotatable bonds is 7. The lowest BCUT2D eigenvalue weighted by atomic mass is 10.2. The van der Waals surface area contributed by atoms with Crippen molar-refractivity contribution in [1.82, 2.24) is 29.8 Å². The topological polar surface area (TPSA) is 85.1 Å². The molecule has 33 heavy (non-hydrogen) atoms. The van der Waals surface area contributed by atoms with Crippen LogP contribution in [-0.2, 0) is 4.79 Å². The molecule has 2 aromatic heterocycles. The number of fused-ring (bicyclic) bond motifs is 1. The molecule has 0 unspecified atom stereocenters. The molecule has 1 aliphatic heterocycles. The van der Waals surface area contributed by atoms with Gasteiger partial charge in [0.1, 0.15) is 11.6 Å². The van der Waals surface area contributed by atoms with Crippen molar-refractivity contribution >= 4 is 16.8 Å². The summed E-state index contributed by atoms with van der Waals surface area (Å²) in [6.45, 7) is 9.23. The monoisotopic (exact) mass is 450 g/mol. The lowest BCUT2D eigenvalue weighted by molar-refractivity contribution is -0.124. The van der Waals surface area contributed by atoms with Crippen LogP contribution in [0.4, 0.5) is 0 Å². The second-order valence-electron chi connectivity index (χ2n) is 8.86. The molecular weight excluding hydrogens is 416 g/mol. The third-order valence-electron chi connectivity index (χ3n) is 6.55. The zero-order valence-corrected chi connectivity index (χ0v) is 19.9. The maximum atomic E-state index is 13.5. The Hall–Kier alpha value is -3.00. The van der Waals surface area contributed by atoms with E-state index in [9.17, 15) is 9.59 Å². The highest BCUT2D eigenvalue weighted by Crippen LogP contribution is 2.21. The summed E-state index contributed by atoms with van der Waals surface area (Å²) in [5, 5.41) is 12.7. The molecule has 3 heterocycles. The zero-order chi connectivity index (χ0) is 23.4. The first kappa shape index (κ1) is 23.2. The molecule has 0 bridgehead atoms. The van der Waals surface area contributed by atoms with Crippen molar-refractivity contribution in [3.05, 3.63) is 52.1 Å². The Morgan fingerprint density at radius 3 is 2.42 bits per heavy atom. The second-order valence-corrected chi connectivity index (χ2v) is 8.86. The number of benzene rings is 1.